The van der Waals surface area contributed by atoms with Crippen LogP contribution in [0.3, 0.4) is 0 Å². The Morgan fingerprint density at radius 3 is 2.93 bits per heavy atom. The summed E-state index contributed by atoms with van der Waals surface area (Å²) in [7, 11) is 0. The molecule has 27 heavy (non-hydrogen) atoms. The Morgan fingerprint density at radius 2 is 2.19 bits per heavy atom. The molecular weight excluding hydrogens is 448 g/mol. The highest BCUT2D eigenvalue weighted by Gasteiger charge is 2.27. The maximum atomic E-state index is 12.3. The molecule has 1 aliphatic rings. The number of anilines is 1. The van der Waals surface area contributed by atoms with E-state index in [4.69, 9.17) is 16.3 Å². The van der Waals surface area contributed by atoms with Crippen LogP contribution in [0.25, 0.3) is 6.08 Å². The van der Waals surface area contributed by atoms with Gasteiger partial charge in [-0.05, 0) is 64.3 Å². The summed E-state index contributed by atoms with van der Waals surface area (Å²) in [6.45, 7) is 6.07. The van der Waals surface area contributed by atoms with E-state index >= 15 is 0 Å². The van der Waals surface area contributed by atoms with Gasteiger partial charge in [-0.25, -0.2) is 0 Å². The summed E-state index contributed by atoms with van der Waals surface area (Å²) in [5.74, 6) is 0.622. The number of ether oxygens (including phenoxy) is 1. The minimum absolute atomic E-state index is 0.111. The summed E-state index contributed by atoms with van der Waals surface area (Å²) in [4.78, 5) is 12.9. The third-order valence-corrected chi connectivity index (χ3v) is 5.71. The Labute approximate surface area is 176 Å². The van der Waals surface area contributed by atoms with Crippen LogP contribution in [0.4, 0.5) is 5.69 Å². The molecule has 0 saturated carbocycles. The fourth-order valence-electron chi connectivity index (χ4n) is 2.48. The molecule has 140 valence electrons. The number of rotatable bonds is 6. The van der Waals surface area contributed by atoms with E-state index in [1.165, 1.54) is 11.8 Å². The first-order valence-corrected chi connectivity index (χ1v) is 10.3. The van der Waals surface area contributed by atoms with E-state index in [-0.39, 0.29) is 11.4 Å². The van der Waals surface area contributed by atoms with Gasteiger partial charge < -0.3 is 15.4 Å². The molecule has 1 heterocycles. The molecule has 0 aliphatic carbocycles. The molecule has 1 unspecified atom stereocenters. The van der Waals surface area contributed by atoms with Gasteiger partial charge in [0.05, 0.1) is 9.38 Å². The average molecular weight is 466 g/mol. The van der Waals surface area contributed by atoms with Gasteiger partial charge in [0.2, 0.25) is 0 Å². The second-order valence-electron chi connectivity index (χ2n) is 5.87. The Balaban J connectivity index is 1.72. The lowest BCUT2D eigenvalue weighted by molar-refractivity contribution is -0.116. The van der Waals surface area contributed by atoms with Gasteiger partial charge in [0.15, 0.2) is 5.50 Å². The van der Waals surface area contributed by atoms with Crippen molar-refractivity contribution in [2.24, 2.45) is 0 Å². The van der Waals surface area contributed by atoms with Gasteiger partial charge in [-0.3, -0.25) is 4.79 Å². The number of nitrogens with one attached hydrogen (secondary N) is 2. The van der Waals surface area contributed by atoms with Crippen molar-refractivity contribution < 1.29 is 9.53 Å². The topological polar surface area (TPSA) is 50.4 Å². The number of aryl methyl sites for hydroxylation is 1. The predicted molar refractivity (Wildman–Crippen MR) is 117 cm³/mol. The van der Waals surface area contributed by atoms with E-state index in [2.05, 4.69) is 33.1 Å². The van der Waals surface area contributed by atoms with Crippen LogP contribution in [0.2, 0.25) is 5.02 Å². The van der Waals surface area contributed by atoms with Crippen LogP contribution < -0.4 is 15.4 Å². The van der Waals surface area contributed by atoms with Crippen molar-refractivity contribution in [3.8, 4) is 5.75 Å². The number of thioether (sulfide) groups is 1. The van der Waals surface area contributed by atoms with Gasteiger partial charge in [-0.1, -0.05) is 48.2 Å². The number of halogens is 2. The number of hydrogen-bond acceptors (Lipinski definition) is 4. The van der Waals surface area contributed by atoms with E-state index in [0.29, 0.717) is 16.5 Å². The van der Waals surface area contributed by atoms with Crippen LogP contribution in [0.15, 0.2) is 58.4 Å². The summed E-state index contributed by atoms with van der Waals surface area (Å²) in [5.41, 5.74) is 2.61. The van der Waals surface area contributed by atoms with E-state index < -0.39 is 0 Å². The first-order chi connectivity index (χ1) is 13.0. The SMILES string of the molecule is C=CCOc1ccc(/C=C2\SC(Nc3cc(Cl)ccc3C)NC2=O)cc1Br. The molecule has 0 spiro atoms. The molecule has 7 heteroatoms. The van der Waals surface area contributed by atoms with Crippen molar-refractivity contribution >= 4 is 57.0 Å². The van der Waals surface area contributed by atoms with E-state index in [9.17, 15) is 4.79 Å². The van der Waals surface area contributed by atoms with Crippen molar-refractivity contribution in [2.75, 3.05) is 11.9 Å². The molecule has 2 aromatic rings. The first kappa shape index (κ1) is 19.9. The minimum Gasteiger partial charge on any atom is -0.488 e. The van der Waals surface area contributed by atoms with Crippen molar-refractivity contribution in [1.82, 2.24) is 5.32 Å². The molecule has 0 aromatic heterocycles. The molecule has 0 radical (unpaired) electrons. The van der Waals surface area contributed by atoms with Crippen molar-refractivity contribution in [1.29, 1.82) is 0 Å². The first-order valence-electron chi connectivity index (χ1n) is 8.21. The van der Waals surface area contributed by atoms with Crippen LogP contribution in [0.1, 0.15) is 11.1 Å². The van der Waals surface area contributed by atoms with Gasteiger partial charge in [-0.2, -0.15) is 0 Å². The number of benzene rings is 2. The summed E-state index contributed by atoms with van der Waals surface area (Å²) in [5, 5.41) is 6.88. The van der Waals surface area contributed by atoms with E-state index in [1.54, 1.807) is 6.08 Å². The zero-order valence-corrected chi connectivity index (χ0v) is 17.7. The third kappa shape index (κ3) is 5.09. The predicted octanol–water partition coefficient (Wildman–Crippen LogP) is 5.58. The Morgan fingerprint density at radius 1 is 1.37 bits per heavy atom. The molecule has 1 saturated heterocycles. The smallest absolute Gasteiger partial charge is 0.260 e. The quantitative estimate of drug-likeness (QED) is 0.432. The van der Waals surface area contributed by atoms with Gasteiger partial charge in [0, 0.05) is 10.7 Å². The highest BCUT2D eigenvalue weighted by atomic mass is 79.9. The minimum atomic E-state index is -0.250. The molecule has 4 nitrogen and oxygen atoms in total. The molecule has 2 aromatic carbocycles. The molecule has 3 rings (SSSR count). The maximum Gasteiger partial charge on any atom is 0.260 e. The second-order valence-corrected chi connectivity index (χ2v) is 8.31. The normalized spacial score (nSPS) is 17.7. The van der Waals surface area contributed by atoms with Crippen LogP contribution >= 0.6 is 39.3 Å². The van der Waals surface area contributed by atoms with Crippen LogP contribution in [0.5, 0.6) is 5.75 Å². The molecule has 2 N–H and O–H groups in total. The van der Waals surface area contributed by atoms with Crippen LogP contribution in [-0.4, -0.2) is 18.0 Å². The lowest BCUT2D eigenvalue weighted by Crippen LogP contribution is -2.31. The molecular formula is C20H18BrClN2O2S. The fraction of sp³-hybridized carbons (Fsp3) is 0.150. The summed E-state index contributed by atoms with van der Waals surface area (Å²) < 4.78 is 6.37. The molecule has 1 aliphatic heterocycles. The highest BCUT2D eigenvalue weighted by molar-refractivity contribution is 9.10. The maximum absolute atomic E-state index is 12.3. The Kier molecular flexibility index (Phi) is 6.52. The monoisotopic (exact) mass is 464 g/mol. The second kappa shape index (κ2) is 8.87. The van der Waals surface area contributed by atoms with E-state index in [1.807, 2.05) is 49.4 Å². The van der Waals surface area contributed by atoms with Gasteiger partial charge in [0.1, 0.15) is 12.4 Å². The Bertz CT molecular complexity index is 917. The summed E-state index contributed by atoms with van der Waals surface area (Å²) in [6.07, 6.45) is 3.55. The van der Waals surface area contributed by atoms with Crippen LogP contribution in [0, 0.1) is 6.92 Å². The van der Waals surface area contributed by atoms with Gasteiger partial charge in [0.25, 0.3) is 5.91 Å². The van der Waals surface area contributed by atoms with Crippen molar-refractivity contribution in [2.45, 2.75) is 12.4 Å². The molecule has 1 atom stereocenters. The zero-order chi connectivity index (χ0) is 19.4. The number of amides is 1. The zero-order valence-electron chi connectivity index (χ0n) is 14.6. The summed E-state index contributed by atoms with van der Waals surface area (Å²) >= 11 is 11.0. The number of hydrogen-bond donors (Lipinski definition) is 2. The van der Waals surface area contributed by atoms with Gasteiger partial charge >= 0.3 is 0 Å². The lowest BCUT2D eigenvalue weighted by Gasteiger charge is -2.15. The van der Waals surface area contributed by atoms with Crippen LogP contribution in [-0.2, 0) is 4.79 Å². The molecule has 1 fully saturated rings. The highest BCUT2D eigenvalue weighted by Crippen LogP contribution is 2.33. The van der Waals surface area contributed by atoms with Gasteiger partial charge in [-0.15, -0.1) is 0 Å². The molecule has 1 amide bonds. The average Bonchev–Trinajstić information content (AvgIpc) is 2.96. The third-order valence-electron chi connectivity index (χ3n) is 3.83. The number of carbonyl (C=O) groups is 1. The standard InChI is InChI=1S/C20H18BrClN2O2S/c1-3-8-26-17-7-5-13(9-15(17)21)10-18-19(25)24-20(27-18)23-16-11-14(22)6-4-12(16)2/h3-7,9-11,20,23H,1,8H2,2H3,(H,24,25)/b18-10-. The van der Waals surface area contributed by atoms with E-state index in [0.717, 1.165) is 27.0 Å². The fourth-order valence-corrected chi connectivity index (χ4v) is 4.14. The largest absolute Gasteiger partial charge is 0.488 e. The molecule has 0 bridgehead atoms. The lowest BCUT2D eigenvalue weighted by atomic mass is 10.2. The Hall–Kier alpha value is -1.89. The van der Waals surface area contributed by atoms with Crippen molar-refractivity contribution in [3.63, 3.8) is 0 Å². The number of carbonyl (C=O) groups excluding carboxylic acids is 1. The summed E-state index contributed by atoms with van der Waals surface area (Å²) in [6, 6.07) is 11.3. The van der Waals surface area contributed by atoms with Crippen molar-refractivity contribution in [3.05, 3.63) is 74.6 Å².